The van der Waals surface area contributed by atoms with Crippen LogP contribution in [0.25, 0.3) is 0 Å². The zero-order chi connectivity index (χ0) is 24.4. The largest absolute Gasteiger partial charge is 0.514 e. The van der Waals surface area contributed by atoms with Crippen molar-refractivity contribution >= 4 is 12.3 Å². The molecule has 0 bridgehead atoms. The van der Waals surface area contributed by atoms with E-state index in [-0.39, 0.29) is 23.2 Å². The van der Waals surface area contributed by atoms with Crippen LogP contribution in [0.5, 0.6) is 17.2 Å². The van der Waals surface area contributed by atoms with Crippen LogP contribution in [-0.4, -0.2) is 28.6 Å². The highest BCUT2D eigenvalue weighted by atomic mass is 16.8. The van der Waals surface area contributed by atoms with E-state index < -0.39 is 23.5 Å². The van der Waals surface area contributed by atoms with E-state index in [1.54, 1.807) is 65.8 Å². The maximum absolute atomic E-state index is 12.5. The van der Waals surface area contributed by atoms with Crippen molar-refractivity contribution in [3.63, 3.8) is 0 Å². The lowest BCUT2D eigenvalue weighted by atomic mass is 9.79. The van der Waals surface area contributed by atoms with Gasteiger partial charge in [0.2, 0.25) is 0 Å². The third-order valence-electron chi connectivity index (χ3n) is 5.03. The molecule has 0 heterocycles. The molecule has 7 heteroatoms. The van der Waals surface area contributed by atoms with Gasteiger partial charge in [-0.2, -0.15) is 0 Å². The van der Waals surface area contributed by atoms with Crippen molar-refractivity contribution in [2.75, 3.05) is 0 Å². The number of para-hydroxylation sites is 1. The summed E-state index contributed by atoms with van der Waals surface area (Å²) in [5, 5.41) is 9.91. The number of carbonyl (C=O) groups excluding carboxylic acids is 2. The van der Waals surface area contributed by atoms with Gasteiger partial charge in [-0.3, -0.25) is 0 Å². The van der Waals surface area contributed by atoms with Crippen LogP contribution < -0.4 is 9.47 Å². The average Bonchev–Trinajstić information content (AvgIpc) is 2.65. The van der Waals surface area contributed by atoms with Gasteiger partial charge >= 0.3 is 12.3 Å². The van der Waals surface area contributed by atoms with Gasteiger partial charge in [0.15, 0.2) is 11.5 Å². The number of hydrogen-bond acceptors (Lipinski definition) is 7. The highest BCUT2D eigenvalue weighted by Gasteiger charge is 2.29. The zero-order valence-corrected chi connectivity index (χ0v) is 20.1. The summed E-state index contributed by atoms with van der Waals surface area (Å²) < 4.78 is 21.6. The van der Waals surface area contributed by atoms with E-state index >= 15 is 0 Å². The van der Waals surface area contributed by atoms with Crippen molar-refractivity contribution in [1.82, 2.24) is 0 Å². The van der Waals surface area contributed by atoms with Crippen molar-refractivity contribution < 1.29 is 33.6 Å². The van der Waals surface area contributed by atoms with Crippen LogP contribution in [0.15, 0.2) is 36.4 Å². The van der Waals surface area contributed by atoms with Gasteiger partial charge in [0.05, 0.1) is 0 Å². The molecule has 0 amide bonds. The van der Waals surface area contributed by atoms with Crippen molar-refractivity contribution in [2.45, 2.75) is 77.9 Å². The standard InChI is InChI=1S/C26H32O7/c1-25(2,3)32-23(28)30-21-9-7-8-20(22(21)31-24(29)33-26(4,5)6)17-11-10-16-12-13-19(27)15-18(16)14-17/h7-9,12-13,15,17,27H,10-11,14H2,1-6H3. The number of rotatable bonds is 3. The van der Waals surface area contributed by atoms with Crippen molar-refractivity contribution in [2.24, 2.45) is 0 Å². The first-order valence-electron chi connectivity index (χ1n) is 11.1. The average molecular weight is 457 g/mol. The van der Waals surface area contributed by atoms with Gasteiger partial charge in [-0.05, 0) is 96.0 Å². The molecule has 1 unspecified atom stereocenters. The van der Waals surface area contributed by atoms with E-state index in [0.717, 1.165) is 24.0 Å². The van der Waals surface area contributed by atoms with Crippen LogP contribution in [-0.2, 0) is 22.3 Å². The highest BCUT2D eigenvalue weighted by Crippen LogP contribution is 2.42. The Kier molecular flexibility index (Phi) is 6.91. The maximum atomic E-state index is 12.5. The Labute approximate surface area is 194 Å². The molecule has 3 rings (SSSR count). The SMILES string of the molecule is CC(C)(C)OC(=O)Oc1cccc(C2CCc3ccc(O)cc3C2)c1OC(=O)OC(C)(C)C. The Morgan fingerprint density at radius 1 is 0.879 bits per heavy atom. The molecule has 0 aromatic heterocycles. The molecule has 1 aliphatic rings. The summed E-state index contributed by atoms with van der Waals surface area (Å²) >= 11 is 0. The molecule has 0 saturated heterocycles. The molecule has 2 aromatic rings. The monoisotopic (exact) mass is 456 g/mol. The minimum absolute atomic E-state index is 0.0149. The van der Waals surface area contributed by atoms with Gasteiger partial charge in [0.25, 0.3) is 0 Å². The molecule has 7 nitrogen and oxygen atoms in total. The minimum atomic E-state index is -0.896. The number of phenolic OH excluding ortho intramolecular Hbond substituents is 1. The third kappa shape index (κ3) is 6.88. The molecule has 0 saturated carbocycles. The summed E-state index contributed by atoms with van der Waals surface area (Å²) in [6.45, 7) is 10.4. The van der Waals surface area contributed by atoms with E-state index in [9.17, 15) is 14.7 Å². The lowest BCUT2D eigenvalue weighted by Gasteiger charge is -2.27. The minimum Gasteiger partial charge on any atom is -0.508 e. The summed E-state index contributed by atoms with van der Waals surface area (Å²) in [4.78, 5) is 24.9. The molecule has 1 atom stereocenters. The maximum Gasteiger partial charge on any atom is 0.514 e. The second-order valence-electron chi connectivity index (χ2n) is 10.2. The number of ether oxygens (including phenoxy) is 4. The second kappa shape index (κ2) is 9.33. The van der Waals surface area contributed by atoms with Gasteiger partial charge in [-0.25, -0.2) is 9.59 Å². The molecular weight excluding hydrogens is 424 g/mol. The number of hydrogen-bond donors (Lipinski definition) is 1. The Morgan fingerprint density at radius 3 is 2.15 bits per heavy atom. The van der Waals surface area contributed by atoms with E-state index in [0.29, 0.717) is 6.42 Å². The smallest absolute Gasteiger partial charge is 0.508 e. The van der Waals surface area contributed by atoms with Gasteiger partial charge in [0.1, 0.15) is 17.0 Å². The van der Waals surface area contributed by atoms with E-state index in [1.807, 2.05) is 12.1 Å². The quantitative estimate of drug-likeness (QED) is 0.428. The fraction of sp³-hybridized carbons (Fsp3) is 0.462. The molecule has 1 N–H and O–H groups in total. The molecule has 0 fully saturated rings. The van der Waals surface area contributed by atoms with Crippen LogP contribution in [0.4, 0.5) is 9.59 Å². The number of fused-ring (bicyclic) bond motifs is 1. The molecule has 2 aromatic carbocycles. The van der Waals surface area contributed by atoms with Crippen molar-refractivity contribution in [3.8, 4) is 17.2 Å². The fourth-order valence-electron chi connectivity index (χ4n) is 3.77. The second-order valence-corrected chi connectivity index (χ2v) is 10.2. The Hall–Kier alpha value is -3.22. The van der Waals surface area contributed by atoms with E-state index in [1.165, 1.54) is 5.56 Å². The van der Waals surface area contributed by atoms with Crippen LogP contribution in [0, 0.1) is 0 Å². The molecule has 0 radical (unpaired) electrons. The zero-order valence-electron chi connectivity index (χ0n) is 20.1. The predicted molar refractivity (Wildman–Crippen MR) is 123 cm³/mol. The summed E-state index contributed by atoms with van der Waals surface area (Å²) in [5.74, 6) is 0.404. The lowest BCUT2D eigenvalue weighted by molar-refractivity contribution is 0.0135. The first-order valence-corrected chi connectivity index (χ1v) is 11.1. The summed E-state index contributed by atoms with van der Waals surface area (Å²) in [6.07, 6.45) is 0.469. The van der Waals surface area contributed by atoms with Gasteiger partial charge in [-0.1, -0.05) is 18.2 Å². The Balaban J connectivity index is 1.95. The summed E-state index contributed by atoms with van der Waals surface area (Å²) in [6, 6.07) is 10.5. The normalized spacial score (nSPS) is 15.9. The highest BCUT2D eigenvalue weighted by molar-refractivity contribution is 5.71. The number of phenols is 1. The molecule has 0 spiro atoms. The number of aromatic hydroxyl groups is 1. The molecular formula is C26H32O7. The Morgan fingerprint density at radius 2 is 1.52 bits per heavy atom. The van der Waals surface area contributed by atoms with Crippen LogP contribution in [0.1, 0.15) is 70.6 Å². The summed E-state index contributed by atoms with van der Waals surface area (Å²) in [7, 11) is 0. The number of carbonyl (C=O) groups is 2. The number of aryl methyl sites for hydroxylation is 1. The third-order valence-corrected chi connectivity index (χ3v) is 5.03. The van der Waals surface area contributed by atoms with Crippen LogP contribution >= 0.6 is 0 Å². The van der Waals surface area contributed by atoms with Crippen molar-refractivity contribution in [1.29, 1.82) is 0 Å². The van der Waals surface area contributed by atoms with E-state index in [4.69, 9.17) is 18.9 Å². The van der Waals surface area contributed by atoms with E-state index in [2.05, 4.69) is 0 Å². The first kappa shape index (κ1) is 24.4. The first-order chi connectivity index (χ1) is 15.3. The molecule has 1 aliphatic carbocycles. The van der Waals surface area contributed by atoms with Crippen LogP contribution in [0.3, 0.4) is 0 Å². The summed E-state index contributed by atoms with van der Waals surface area (Å²) in [5.41, 5.74) is 1.44. The van der Waals surface area contributed by atoms with Crippen LogP contribution in [0.2, 0.25) is 0 Å². The van der Waals surface area contributed by atoms with Gasteiger partial charge in [-0.15, -0.1) is 0 Å². The van der Waals surface area contributed by atoms with Crippen molar-refractivity contribution in [3.05, 3.63) is 53.1 Å². The molecule has 0 aliphatic heterocycles. The molecule has 33 heavy (non-hydrogen) atoms. The van der Waals surface area contributed by atoms with Gasteiger partial charge < -0.3 is 24.1 Å². The van der Waals surface area contributed by atoms with Gasteiger partial charge in [0, 0.05) is 5.56 Å². The lowest BCUT2D eigenvalue weighted by Crippen LogP contribution is -2.28. The Bertz CT molecular complexity index is 1030. The predicted octanol–water partition coefficient (Wildman–Crippen LogP) is 6.29. The fourth-order valence-corrected chi connectivity index (χ4v) is 3.77. The molecule has 178 valence electrons. The number of benzene rings is 2. The topological polar surface area (TPSA) is 91.3 Å².